The van der Waals surface area contributed by atoms with Crippen molar-refractivity contribution in [3.63, 3.8) is 0 Å². The number of hydrogen-bond donors (Lipinski definition) is 1. The smallest absolute Gasteiger partial charge is 0.321 e. The van der Waals surface area contributed by atoms with Gasteiger partial charge in [0.05, 0.1) is 5.69 Å². The van der Waals surface area contributed by atoms with Gasteiger partial charge in [0, 0.05) is 37.2 Å². The summed E-state index contributed by atoms with van der Waals surface area (Å²) in [6.07, 6.45) is 0. The zero-order chi connectivity index (χ0) is 16.9. The van der Waals surface area contributed by atoms with Crippen molar-refractivity contribution in [1.29, 1.82) is 0 Å². The van der Waals surface area contributed by atoms with E-state index in [1.54, 1.807) is 0 Å². The molecule has 0 aromatic heterocycles. The topological polar surface area (TPSA) is 35.6 Å². The van der Waals surface area contributed by atoms with Crippen LogP contribution in [0.15, 0.2) is 53.0 Å². The maximum atomic E-state index is 12.4. The standard InChI is InChI=1S/C19H22BrN3O/c1-15-5-4-6-16(13-15)14-22-9-11-23(12-10-22)19(24)21-18-8-3-2-7-17(18)20/h2-8,13H,9-12,14H2,1H3,(H,21,24). The number of aryl methyl sites for hydroxylation is 1. The highest BCUT2D eigenvalue weighted by atomic mass is 79.9. The van der Waals surface area contributed by atoms with E-state index in [-0.39, 0.29) is 6.03 Å². The average molecular weight is 388 g/mol. The molecule has 126 valence electrons. The molecule has 2 aromatic carbocycles. The van der Waals surface area contributed by atoms with Crippen LogP contribution in [0.3, 0.4) is 0 Å². The molecule has 1 N–H and O–H groups in total. The van der Waals surface area contributed by atoms with E-state index in [9.17, 15) is 4.79 Å². The monoisotopic (exact) mass is 387 g/mol. The van der Waals surface area contributed by atoms with Gasteiger partial charge in [-0.1, -0.05) is 42.0 Å². The minimum Gasteiger partial charge on any atom is -0.322 e. The number of halogens is 1. The number of rotatable bonds is 3. The van der Waals surface area contributed by atoms with E-state index >= 15 is 0 Å². The number of nitrogens with one attached hydrogen (secondary N) is 1. The van der Waals surface area contributed by atoms with Gasteiger partial charge in [-0.05, 0) is 40.5 Å². The Hall–Kier alpha value is -1.85. The Labute approximate surface area is 151 Å². The highest BCUT2D eigenvalue weighted by Crippen LogP contribution is 2.21. The normalized spacial score (nSPS) is 15.3. The largest absolute Gasteiger partial charge is 0.322 e. The van der Waals surface area contributed by atoms with Gasteiger partial charge in [0.2, 0.25) is 0 Å². The number of para-hydroxylation sites is 1. The molecule has 1 saturated heterocycles. The summed E-state index contributed by atoms with van der Waals surface area (Å²) < 4.78 is 0.899. The summed E-state index contributed by atoms with van der Waals surface area (Å²) in [6.45, 7) is 6.37. The van der Waals surface area contributed by atoms with E-state index < -0.39 is 0 Å². The number of carbonyl (C=O) groups excluding carboxylic acids is 1. The van der Waals surface area contributed by atoms with Gasteiger partial charge in [0.25, 0.3) is 0 Å². The number of anilines is 1. The second kappa shape index (κ2) is 7.81. The summed E-state index contributed by atoms with van der Waals surface area (Å²) in [5.41, 5.74) is 3.43. The van der Waals surface area contributed by atoms with Crippen molar-refractivity contribution in [3.8, 4) is 0 Å². The van der Waals surface area contributed by atoms with Crippen LogP contribution in [0.5, 0.6) is 0 Å². The molecule has 0 atom stereocenters. The number of hydrogen-bond acceptors (Lipinski definition) is 2. The highest BCUT2D eigenvalue weighted by Gasteiger charge is 2.21. The van der Waals surface area contributed by atoms with E-state index in [0.717, 1.165) is 42.9 Å². The fourth-order valence-corrected chi connectivity index (χ4v) is 3.32. The molecule has 4 nitrogen and oxygen atoms in total. The van der Waals surface area contributed by atoms with E-state index in [4.69, 9.17) is 0 Å². The second-order valence-corrected chi connectivity index (χ2v) is 7.02. The Morgan fingerprint density at radius 1 is 1.08 bits per heavy atom. The van der Waals surface area contributed by atoms with Crippen LogP contribution >= 0.6 is 15.9 Å². The summed E-state index contributed by atoms with van der Waals surface area (Å²) >= 11 is 3.46. The number of amides is 2. The number of benzene rings is 2. The molecule has 0 spiro atoms. The van der Waals surface area contributed by atoms with Gasteiger partial charge >= 0.3 is 6.03 Å². The Kier molecular flexibility index (Phi) is 5.53. The molecular weight excluding hydrogens is 366 g/mol. The van der Waals surface area contributed by atoms with Crippen molar-refractivity contribution in [1.82, 2.24) is 9.80 Å². The van der Waals surface area contributed by atoms with Crippen LogP contribution in [-0.4, -0.2) is 42.0 Å². The van der Waals surface area contributed by atoms with Crippen LogP contribution in [-0.2, 0) is 6.54 Å². The molecule has 1 fully saturated rings. The van der Waals surface area contributed by atoms with Crippen LogP contribution in [0, 0.1) is 6.92 Å². The third kappa shape index (κ3) is 4.36. The van der Waals surface area contributed by atoms with Gasteiger partial charge in [-0.3, -0.25) is 4.90 Å². The van der Waals surface area contributed by atoms with Gasteiger partial charge < -0.3 is 10.2 Å². The first-order valence-corrected chi connectivity index (χ1v) is 8.99. The first-order chi connectivity index (χ1) is 11.6. The Balaban J connectivity index is 1.51. The maximum absolute atomic E-state index is 12.4. The Morgan fingerprint density at radius 2 is 1.83 bits per heavy atom. The first kappa shape index (κ1) is 17.0. The van der Waals surface area contributed by atoms with Crippen LogP contribution in [0.1, 0.15) is 11.1 Å². The van der Waals surface area contributed by atoms with Crippen molar-refractivity contribution in [2.45, 2.75) is 13.5 Å². The van der Waals surface area contributed by atoms with Crippen LogP contribution in [0.25, 0.3) is 0 Å². The lowest BCUT2D eigenvalue weighted by Crippen LogP contribution is -2.49. The number of nitrogens with zero attached hydrogens (tertiary/aromatic N) is 2. The molecule has 5 heteroatoms. The Bertz CT molecular complexity index is 711. The third-order valence-corrected chi connectivity index (χ3v) is 4.96. The fourth-order valence-electron chi connectivity index (χ4n) is 2.93. The van der Waals surface area contributed by atoms with Crippen LogP contribution < -0.4 is 5.32 Å². The lowest BCUT2D eigenvalue weighted by molar-refractivity contribution is 0.143. The number of carbonyl (C=O) groups is 1. The van der Waals surface area contributed by atoms with Gasteiger partial charge in [-0.2, -0.15) is 0 Å². The first-order valence-electron chi connectivity index (χ1n) is 8.20. The van der Waals surface area contributed by atoms with Crippen LogP contribution in [0.4, 0.5) is 10.5 Å². The van der Waals surface area contributed by atoms with Crippen LogP contribution in [0.2, 0.25) is 0 Å². The van der Waals surface area contributed by atoms with Gasteiger partial charge in [-0.25, -0.2) is 4.79 Å². The maximum Gasteiger partial charge on any atom is 0.321 e. The lowest BCUT2D eigenvalue weighted by atomic mass is 10.1. The second-order valence-electron chi connectivity index (χ2n) is 6.16. The molecule has 1 aliphatic rings. The predicted molar refractivity (Wildman–Crippen MR) is 101 cm³/mol. The SMILES string of the molecule is Cc1cccc(CN2CCN(C(=O)Nc3ccccc3Br)CC2)c1. The molecule has 2 aromatic rings. The molecule has 1 heterocycles. The van der Waals surface area contributed by atoms with Gasteiger partial charge in [-0.15, -0.1) is 0 Å². The van der Waals surface area contributed by atoms with E-state index in [2.05, 4.69) is 57.3 Å². The summed E-state index contributed by atoms with van der Waals surface area (Å²) in [7, 11) is 0. The molecule has 1 aliphatic heterocycles. The van der Waals surface area contributed by atoms with Crippen molar-refractivity contribution < 1.29 is 4.79 Å². The van der Waals surface area contributed by atoms with E-state index in [0.29, 0.717) is 0 Å². The number of piperazine rings is 1. The zero-order valence-corrected chi connectivity index (χ0v) is 15.4. The summed E-state index contributed by atoms with van der Waals surface area (Å²) in [5.74, 6) is 0. The summed E-state index contributed by atoms with van der Waals surface area (Å²) in [6, 6.07) is 16.3. The quantitative estimate of drug-likeness (QED) is 0.859. The summed E-state index contributed by atoms with van der Waals surface area (Å²) in [4.78, 5) is 16.7. The Morgan fingerprint density at radius 3 is 2.54 bits per heavy atom. The zero-order valence-electron chi connectivity index (χ0n) is 13.8. The molecule has 2 amide bonds. The lowest BCUT2D eigenvalue weighted by Gasteiger charge is -2.34. The van der Waals surface area contributed by atoms with Crippen molar-refractivity contribution in [2.75, 3.05) is 31.5 Å². The number of urea groups is 1. The predicted octanol–water partition coefficient (Wildman–Crippen LogP) is 4.11. The van der Waals surface area contributed by atoms with E-state index in [1.165, 1.54) is 11.1 Å². The molecule has 0 unspecified atom stereocenters. The molecular formula is C19H22BrN3O. The molecule has 0 bridgehead atoms. The molecule has 24 heavy (non-hydrogen) atoms. The third-order valence-electron chi connectivity index (χ3n) is 4.26. The summed E-state index contributed by atoms with van der Waals surface area (Å²) in [5, 5.41) is 2.97. The minimum atomic E-state index is -0.0305. The molecule has 0 aliphatic carbocycles. The fraction of sp³-hybridized carbons (Fsp3) is 0.316. The highest BCUT2D eigenvalue weighted by molar-refractivity contribution is 9.10. The van der Waals surface area contributed by atoms with Crippen molar-refractivity contribution >= 4 is 27.6 Å². The molecule has 3 rings (SSSR count). The molecule has 0 saturated carbocycles. The minimum absolute atomic E-state index is 0.0305. The van der Waals surface area contributed by atoms with Crippen molar-refractivity contribution in [3.05, 3.63) is 64.1 Å². The van der Waals surface area contributed by atoms with Gasteiger partial charge in [0.15, 0.2) is 0 Å². The van der Waals surface area contributed by atoms with Crippen molar-refractivity contribution in [2.24, 2.45) is 0 Å². The molecule has 0 radical (unpaired) electrons. The van der Waals surface area contributed by atoms with Gasteiger partial charge in [0.1, 0.15) is 0 Å². The van der Waals surface area contributed by atoms with E-state index in [1.807, 2.05) is 29.2 Å². The average Bonchev–Trinajstić information content (AvgIpc) is 2.57.